The van der Waals surface area contributed by atoms with Crippen molar-refractivity contribution in [1.29, 1.82) is 0 Å². The molecule has 2 aliphatic rings. The van der Waals surface area contributed by atoms with Gasteiger partial charge in [0.1, 0.15) is 16.4 Å². The van der Waals surface area contributed by atoms with Gasteiger partial charge in [-0.25, -0.2) is 9.37 Å². The average molecular weight is 502 g/mol. The van der Waals surface area contributed by atoms with E-state index in [1.807, 2.05) is 36.4 Å². The molecule has 1 N–H and O–H groups in total. The second-order valence-electron chi connectivity index (χ2n) is 9.40. The molecule has 6 rings (SSSR count). The summed E-state index contributed by atoms with van der Waals surface area (Å²) < 4.78 is 14.3. The summed E-state index contributed by atoms with van der Waals surface area (Å²) in [6.07, 6.45) is 1.06. The molecule has 1 aromatic heterocycles. The van der Waals surface area contributed by atoms with Gasteiger partial charge in [0.05, 0.1) is 10.2 Å². The van der Waals surface area contributed by atoms with Gasteiger partial charge >= 0.3 is 0 Å². The number of thiazole rings is 1. The van der Waals surface area contributed by atoms with E-state index in [2.05, 4.69) is 11.1 Å². The summed E-state index contributed by atoms with van der Waals surface area (Å²) in [6, 6.07) is 20.0. The highest BCUT2D eigenvalue weighted by atomic mass is 32.1. The van der Waals surface area contributed by atoms with Crippen molar-refractivity contribution >= 4 is 33.4 Å². The van der Waals surface area contributed by atoms with E-state index in [9.17, 15) is 19.1 Å². The molecule has 1 aliphatic heterocycles. The van der Waals surface area contributed by atoms with Gasteiger partial charge in [0.15, 0.2) is 0 Å². The van der Waals surface area contributed by atoms with Crippen molar-refractivity contribution in [3.05, 3.63) is 78.1 Å². The topological polar surface area (TPSA) is 73.7 Å². The number of aliphatic hydroxyl groups is 1. The molecule has 4 aromatic rings. The number of amides is 2. The van der Waals surface area contributed by atoms with Crippen molar-refractivity contribution < 1.29 is 19.1 Å². The van der Waals surface area contributed by atoms with Crippen LogP contribution in [-0.2, 0) is 4.79 Å². The summed E-state index contributed by atoms with van der Waals surface area (Å²) in [5.74, 6) is -0.531. The van der Waals surface area contributed by atoms with Crippen LogP contribution < -0.4 is 0 Å². The van der Waals surface area contributed by atoms with E-state index in [0.29, 0.717) is 44.6 Å². The van der Waals surface area contributed by atoms with Crippen LogP contribution in [0.25, 0.3) is 31.9 Å². The third-order valence-electron chi connectivity index (χ3n) is 6.92. The summed E-state index contributed by atoms with van der Waals surface area (Å²) in [4.78, 5) is 33.4. The second kappa shape index (κ2) is 8.80. The van der Waals surface area contributed by atoms with Crippen molar-refractivity contribution in [2.24, 2.45) is 0 Å². The van der Waals surface area contributed by atoms with Crippen molar-refractivity contribution in [2.45, 2.75) is 18.4 Å². The lowest BCUT2D eigenvalue weighted by Crippen LogP contribution is -2.53. The molecule has 0 spiro atoms. The van der Waals surface area contributed by atoms with Gasteiger partial charge in [0.25, 0.3) is 11.8 Å². The minimum absolute atomic E-state index is 0.0550. The largest absolute Gasteiger partial charge is 0.380 e. The molecule has 2 fully saturated rings. The maximum Gasteiger partial charge on any atom is 0.254 e. The molecular weight excluding hydrogens is 477 g/mol. The van der Waals surface area contributed by atoms with Gasteiger partial charge in [-0.15, -0.1) is 11.3 Å². The molecule has 1 saturated carbocycles. The summed E-state index contributed by atoms with van der Waals surface area (Å²) in [7, 11) is 0. The van der Waals surface area contributed by atoms with Crippen LogP contribution in [-0.4, -0.2) is 63.5 Å². The van der Waals surface area contributed by atoms with Crippen LogP contribution in [0.1, 0.15) is 23.2 Å². The Kier molecular flexibility index (Phi) is 5.58. The average Bonchev–Trinajstić information content (AvgIpc) is 3.52. The summed E-state index contributed by atoms with van der Waals surface area (Å²) in [5, 5.41) is 10.9. The van der Waals surface area contributed by atoms with Gasteiger partial charge in [-0.05, 0) is 72.5 Å². The number of hydrogen-bond acceptors (Lipinski definition) is 5. The van der Waals surface area contributed by atoms with Gasteiger partial charge < -0.3 is 14.9 Å². The Morgan fingerprint density at radius 3 is 2.11 bits per heavy atom. The summed E-state index contributed by atoms with van der Waals surface area (Å²) in [5.41, 5.74) is 3.25. The maximum absolute atomic E-state index is 13.3. The number of rotatable bonds is 4. The van der Waals surface area contributed by atoms with Crippen LogP contribution in [0.15, 0.2) is 66.7 Å². The molecule has 2 heterocycles. The molecule has 3 aromatic carbocycles. The van der Waals surface area contributed by atoms with E-state index in [4.69, 9.17) is 0 Å². The first-order chi connectivity index (χ1) is 17.4. The Labute approximate surface area is 211 Å². The highest BCUT2D eigenvalue weighted by Gasteiger charge is 2.50. The van der Waals surface area contributed by atoms with Gasteiger partial charge in [-0.3, -0.25) is 9.59 Å². The van der Waals surface area contributed by atoms with Crippen LogP contribution in [0.4, 0.5) is 4.39 Å². The standard InChI is InChI=1S/C28H24FN3O3S/c29-22-8-5-19(6-9-22)25-30-23-10-7-21(17-24(23)36-25)18-1-3-20(4-2-18)26(33)31-13-15-32(16-14-31)27(34)28(35)11-12-28/h1-10,17,35H,11-16H2. The minimum Gasteiger partial charge on any atom is -0.380 e. The highest BCUT2D eigenvalue weighted by Crippen LogP contribution is 2.37. The summed E-state index contributed by atoms with van der Waals surface area (Å²) >= 11 is 1.56. The van der Waals surface area contributed by atoms with Gasteiger partial charge in [0, 0.05) is 37.3 Å². The molecule has 8 heteroatoms. The number of carbonyl (C=O) groups is 2. The fourth-order valence-electron chi connectivity index (χ4n) is 4.55. The van der Waals surface area contributed by atoms with E-state index in [1.54, 1.807) is 33.3 Å². The molecule has 2 amide bonds. The van der Waals surface area contributed by atoms with Crippen LogP contribution >= 0.6 is 11.3 Å². The number of fused-ring (bicyclic) bond motifs is 1. The molecule has 1 aliphatic carbocycles. The normalized spacial score (nSPS) is 16.8. The van der Waals surface area contributed by atoms with E-state index in [0.717, 1.165) is 31.9 Å². The van der Waals surface area contributed by atoms with Crippen molar-refractivity contribution in [3.63, 3.8) is 0 Å². The van der Waals surface area contributed by atoms with Crippen molar-refractivity contribution in [1.82, 2.24) is 14.8 Å². The Balaban J connectivity index is 1.14. The molecular formula is C28H24FN3O3S. The lowest BCUT2D eigenvalue weighted by molar-refractivity contribution is -0.143. The second-order valence-corrected chi connectivity index (χ2v) is 10.4. The molecule has 6 nitrogen and oxygen atoms in total. The number of halogens is 1. The van der Waals surface area contributed by atoms with E-state index < -0.39 is 5.60 Å². The number of benzene rings is 3. The molecule has 0 unspecified atom stereocenters. The molecule has 0 bridgehead atoms. The minimum atomic E-state index is -1.16. The first-order valence-corrected chi connectivity index (χ1v) is 12.8. The van der Waals surface area contributed by atoms with Crippen LogP contribution in [0.2, 0.25) is 0 Å². The zero-order valence-electron chi connectivity index (χ0n) is 19.5. The SMILES string of the molecule is O=C(c1ccc(-c2ccc3nc(-c4ccc(F)cc4)sc3c2)cc1)N1CCN(C(=O)C2(O)CC2)CC1. The van der Waals surface area contributed by atoms with Gasteiger partial charge in [-0.1, -0.05) is 18.2 Å². The van der Waals surface area contributed by atoms with Gasteiger partial charge in [-0.2, -0.15) is 0 Å². The zero-order chi connectivity index (χ0) is 24.9. The number of aromatic nitrogens is 1. The fraction of sp³-hybridized carbons (Fsp3) is 0.250. The molecule has 0 radical (unpaired) electrons. The Morgan fingerprint density at radius 2 is 1.44 bits per heavy atom. The Hall–Kier alpha value is -3.62. The van der Waals surface area contributed by atoms with Crippen LogP contribution in [0.3, 0.4) is 0 Å². The third-order valence-corrected chi connectivity index (χ3v) is 7.99. The van der Waals surface area contributed by atoms with Crippen LogP contribution in [0, 0.1) is 5.82 Å². The highest BCUT2D eigenvalue weighted by molar-refractivity contribution is 7.21. The van der Waals surface area contributed by atoms with Crippen LogP contribution in [0.5, 0.6) is 0 Å². The first-order valence-electron chi connectivity index (χ1n) is 12.0. The lowest BCUT2D eigenvalue weighted by atomic mass is 10.0. The molecule has 1 saturated heterocycles. The monoisotopic (exact) mass is 501 g/mol. The van der Waals surface area contributed by atoms with Crippen molar-refractivity contribution in [3.8, 4) is 21.7 Å². The van der Waals surface area contributed by atoms with Gasteiger partial charge in [0.2, 0.25) is 0 Å². The smallest absolute Gasteiger partial charge is 0.254 e. The Bertz CT molecular complexity index is 1450. The molecule has 0 atom stereocenters. The quantitative estimate of drug-likeness (QED) is 0.444. The van der Waals surface area contributed by atoms with E-state index >= 15 is 0 Å². The van der Waals surface area contributed by atoms with Crippen molar-refractivity contribution in [2.75, 3.05) is 26.2 Å². The predicted molar refractivity (Wildman–Crippen MR) is 137 cm³/mol. The predicted octanol–water partition coefficient (Wildman–Crippen LogP) is 4.58. The number of piperazine rings is 1. The molecule has 182 valence electrons. The first kappa shape index (κ1) is 22.8. The fourth-order valence-corrected chi connectivity index (χ4v) is 5.56. The maximum atomic E-state index is 13.3. The third kappa shape index (κ3) is 4.27. The summed E-state index contributed by atoms with van der Waals surface area (Å²) in [6.45, 7) is 1.81. The van der Waals surface area contributed by atoms with E-state index in [-0.39, 0.29) is 17.6 Å². The Morgan fingerprint density at radius 1 is 0.833 bits per heavy atom. The number of nitrogens with zero attached hydrogens (tertiary/aromatic N) is 3. The lowest BCUT2D eigenvalue weighted by Gasteiger charge is -2.35. The zero-order valence-corrected chi connectivity index (χ0v) is 20.3. The number of hydrogen-bond donors (Lipinski definition) is 1. The number of carbonyl (C=O) groups excluding carboxylic acids is 2. The molecule has 36 heavy (non-hydrogen) atoms. The van der Waals surface area contributed by atoms with E-state index in [1.165, 1.54) is 12.1 Å².